The topological polar surface area (TPSA) is 38.3 Å². The number of carbonyl (C=O) groups excluding carboxylic acids is 1. The highest BCUT2D eigenvalue weighted by Gasteiger charge is 2.36. The Kier molecular flexibility index (Phi) is 4.59. The smallest absolute Gasteiger partial charge is 0.227 e. The summed E-state index contributed by atoms with van der Waals surface area (Å²) in [5.41, 5.74) is 0.591. The highest BCUT2D eigenvalue weighted by molar-refractivity contribution is 6.19. The molecule has 0 bridgehead atoms. The van der Waals surface area contributed by atoms with Crippen LogP contribution in [0, 0.1) is 11.3 Å². The van der Waals surface area contributed by atoms with E-state index in [0.717, 1.165) is 24.2 Å². The molecule has 1 atom stereocenters. The normalized spacial score (nSPS) is 16.6. The first kappa shape index (κ1) is 15.2. The van der Waals surface area contributed by atoms with E-state index in [9.17, 15) is 4.79 Å². The lowest BCUT2D eigenvalue weighted by Crippen LogP contribution is -2.40. The molecule has 1 aliphatic rings. The average Bonchev–Trinajstić information content (AvgIpc) is 3.29. The van der Waals surface area contributed by atoms with Crippen LogP contribution in [0.25, 0.3) is 0 Å². The number of ether oxygens (including phenoxy) is 1. The van der Waals surface area contributed by atoms with Gasteiger partial charge in [-0.15, -0.1) is 11.6 Å². The molecule has 0 saturated heterocycles. The van der Waals surface area contributed by atoms with Crippen LogP contribution in [0.15, 0.2) is 24.3 Å². The number of hydrogen-bond donors (Lipinski definition) is 1. The minimum atomic E-state index is -0.541. The molecule has 4 heteroatoms. The van der Waals surface area contributed by atoms with Crippen molar-refractivity contribution in [3.05, 3.63) is 29.8 Å². The predicted octanol–water partition coefficient (Wildman–Crippen LogP) is 3.53. The summed E-state index contributed by atoms with van der Waals surface area (Å²) < 4.78 is 5.17. The van der Waals surface area contributed by atoms with Gasteiger partial charge in [0.1, 0.15) is 5.75 Å². The van der Waals surface area contributed by atoms with Crippen LogP contribution < -0.4 is 10.1 Å². The third-order valence-corrected chi connectivity index (χ3v) is 4.47. The predicted molar refractivity (Wildman–Crippen MR) is 81.1 cm³/mol. The van der Waals surface area contributed by atoms with Crippen LogP contribution in [0.1, 0.15) is 38.3 Å². The number of rotatable bonds is 6. The van der Waals surface area contributed by atoms with Gasteiger partial charge in [-0.3, -0.25) is 4.79 Å². The fourth-order valence-corrected chi connectivity index (χ4v) is 2.23. The van der Waals surface area contributed by atoms with Crippen molar-refractivity contribution >= 4 is 17.5 Å². The molecule has 20 heavy (non-hydrogen) atoms. The van der Waals surface area contributed by atoms with Crippen molar-refractivity contribution in [3.8, 4) is 5.75 Å². The van der Waals surface area contributed by atoms with Gasteiger partial charge in [0.05, 0.1) is 18.6 Å². The first-order chi connectivity index (χ1) is 9.47. The van der Waals surface area contributed by atoms with Gasteiger partial charge in [0.25, 0.3) is 0 Å². The lowest BCUT2D eigenvalue weighted by molar-refractivity contribution is -0.129. The van der Waals surface area contributed by atoms with Crippen molar-refractivity contribution in [1.82, 2.24) is 5.32 Å². The van der Waals surface area contributed by atoms with Crippen molar-refractivity contribution in [2.24, 2.45) is 11.3 Å². The molecule has 1 aromatic rings. The highest BCUT2D eigenvalue weighted by atomic mass is 35.5. The van der Waals surface area contributed by atoms with E-state index in [4.69, 9.17) is 16.3 Å². The van der Waals surface area contributed by atoms with Crippen molar-refractivity contribution in [3.63, 3.8) is 0 Å². The molecule has 3 nitrogen and oxygen atoms in total. The second-order valence-corrected chi connectivity index (χ2v) is 6.35. The minimum absolute atomic E-state index is 0.0141. The summed E-state index contributed by atoms with van der Waals surface area (Å²) >= 11 is 5.87. The molecule has 1 N–H and O–H groups in total. The number of carbonyl (C=O) groups is 1. The third-order valence-electron chi connectivity index (χ3n) is 3.80. The number of methoxy groups -OCH3 is 1. The number of halogens is 1. The minimum Gasteiger partial charge on any atom is -0.497 e. The van der Waals surface area contributed by atoms with Crippen molar-refractivity contribution in [2.45, 2.75) is 32.7 Å². The maximum atomic E-state index is 12.3. The Labute approximate surface area is 125 Å². The molecule has 1 fully saturated rings. The first-order valence-electron chi connectivity index (χ1n) is 6.99. The van der Waals surface area contributed by atoms with Crippen LogP contribution >= 0.6 is 11.6 Å². The van der Waals surface area contributed by atoms with E-state index in [1.54, 1.807) is 7.11 Å². The maximum Gasteiger partial charge on any atom is 0.227 e. The van der Waals surface area contributed by atoms with Gasteiger partial charge in [0.15, 0.2) is 0 Å². The molecule has 1 aliphatic carbocycles. The second-order valence-electron chi connectivity index (χ2n) is 6.08. The summed E-state index contributed by atoms with van der Waals surface area (Å²) in [6, 6.07) is 7.99. The summed E-state index contributed by atoms with van der Waals surface area (Å²) in [5.74, 6) is 1.70. The van der Waals surface area contributed by atoms with Gasteiger partial charge in [0, 0.05) is 5.88 Å². The lowest BCUT2D eigenvalue weighted by Gasteiger charge is -2.26. The van der Waals surface area contributed by atoms with Gasteiger partial charge < -0.3 is 10.1 Å². The number of alkyl halides is 1. The molecule has 0 aliphatic heterocycles. The quantitative estimate of drug-likeness (QED) is 0.815. The average molecular weight is 296 g/mol. The summed E-state index contributed by atoms with van der Waals surface area (Å²) in [4.78, 5) is 12.3. The molecule has 0 spiro atoms. The van der Waals surface area contributed by atoms with Crippen LogP contribution in [0.4, 0.5) is 0 Å². The molecule has 1 aromatic carbocycles. The third kappa shape index (κ3) is 3.45. The van der Waals surface area contributed by atoms with Crippen molar-refractivity contribution in [1.29, 1.82) is 0 Å². The van der Waals surface area contributed by atoms with Gasteiger partial charge in [-0.05, 0) is 50.3 Å². The summed E-state index contributed by atoms with van der Waals surface area (Å²) in [5, 5.41) is 3.16. The Morgan fingerprint density at radius 1 is 1.40 bits per heavy atom. The molecular formula is C16H22ClNO2. The van der Waals surface area contributed by atoms with Gasteiger partial charge in [-0.2, -0.15) is 0 Å². The molecule has 110 valence electrons. The van der Waals surface area contributed by atoms with Gasteiger partial charge in [-0.1, -0.05) is 12.1 Å². The van der Waals surface area contributed by atoms with Gasteiger partial charge >= 0.3 is 0 Å². The summed E-state index contributed by atoms with van der Waals surface area (Å²) in [6.07, 6.45) is 2.33. The molecule has 0 heterocycles. The van der Waals surface area contributed by atoms with Crippen LogP contribution in [-0.4, -0.2) is 18.9 Å². The van der Waals surface area contributed by atoms with E-state index in [0.29, 0.717) is 11.8 Å². The maximum absolute atomic E-state index is 12.3. The zero-order valence-electron chi connectivity index (χ0n) is 12.3. The standard InChI is InChI=1S/C16H22ClNO2/c1-16(2,10-17)15(19)18-14(11-4-5-11)12-6-8-13(20-3)9-7-12/h6-9,11,14H,4-5,10H2,1-3H3,(H,18,19). The van der Waals surface area contributed by atoms with Crippen molar-refractivity contribution < 1.29 is 9.53 Å². The largest absolute Gasteiger partial charge is 0.497 e. The Morgan fingerprint density at radius 3 is 2.45 bits per heavy atom. The molecular weight excluding hydrogens is 274 g/mol. The van der Waals surface area contributed by atoms with E-state index in [2.05, 4.69) is 5.32 Å². The number of benzene rings is 1. The Hall–Kier alpha value is -1.22. The van der Waals surface area contributed by atoms with E-state index in [1.807, 2.05) is 38.1 Å². The SMILES string of the molecule is COc1ccc(C(NC(=O)C(C)(C)CCl)C2CC2)cc1. The van der Waals surface area contributed by atoms with Crippen molar-refractivity contribution in [2.75, 3.05) is 13.0 Å². The molecule has 2 rings (SSSR count). The summed E-state index contributed by atoms with van der Waals surface area (Å²) in [6.45, 7) is 3.74. The molecule has 1 amide bonds. The highest BCUT2D eigenvalue weighted by Crippen LogP contribution is 2.41. The fraction of sp³-hybridized carbons (Fsp3) is 0.562. The van der Waals surface area contributed by atoms with E-state index in [1.165, 1.54) is 0 Å². The zero-order chi connectivity index (χ0) is 14.8. The fourth-order valence-electron chi connectivity index (χ4n) is 2.11. The molecule has 0 aromatic heterocycles. The number of hydrogen-bond acceptors (Lipinski definition) is 2. The Bertz CT molecular complexity index is 466. The van der Waals surface area contributed by atoms with Crippen LogP contribution in [0.5, 0.6) is 5.75 Å². The molecule has 0 radical (unpaired) electrons. The van der Waals surface area contributed by atoms with Gasteiger partial charge in [-0.25, -0.2) is 0 Å². The lowest BCUT2D eigenvalue weighted by atomic mass is 9.93. The van der Waals surface area contributed by atoms with Crippen LogP contribution in [0.2, 0.25) is 0 Å². The molecule has 1 saturated carbocycles. The zero-order valence-corrected chi connectivity index (χ0v) is 13.0. The Morgan fingerprint density at radius 2 is 2.00 bits per heavy atom. The van der Waals surface area contributed by atoms with E-state index < -0.39 is 5.41 Å². The van der Waals surface area contributed by atoms with E-state index >= 15 is 0 Å². The monoisotopic (exact) mass is 295 g/mol. The van der Waals surface area contributed by atoms with E-state index in [-0.39, 0.29) is 11.9 Å². The second kappa shape index (κ2) is 6.04. The van der Waals surface area contributed by atoms with Crippen LogP contribution in [0.3, 0.4) is 0 Å². The molecule has 1 unspecified atom stereocenters. The first-order valence-corrected chi connectivity index (χ1v) is 7.52. The number of amides is 1. The van der Waals surface area contributed by atoms with Crippen LogP contribution in [-0.2, 0) is 4.79 Å². The Balaban J connectivity index is 2.13. The number of nitrogens with one attached hydrogen (secondary N) is 1. The summed E-state index contributed by atoms with van der Waals surface area (Å²) in [7, 11) is 1.65. The van der Waals surface area contributed by atoms with Gasteiger partial charge in [0.2, 0.25) is 5.91 Å².